The number of likely N-dealkylation sites (tertiary alicyclic amines) is 1. The summed E-state index contributed by atoms with van der Waals surface area (Å²) in [6.45, 7) is 0.792. The second-order valence-corrected chi connectivity index (χ2v) is 5.97. The first-order chi connectivity index (χ1) is 10.5. The van der Waals surface area contributed by atoms with Gasteiger partial charge < -0.3 is 14.7 Å². The van der Waals surface area contributed by atoms with Crippen LogP contribution in [0.2, 0.25) is 5.02 Å². The molecule has 22 heavy (non-hydrogen) atoms. The van der Waals surface area contributed by atoms with Gasteiger partial charge in [-0.2, -0.15) is 0 Å². The van der Waals surface area contributed by atoms with Gasteiger partial charge in [0.1, 0.15) is 12.4 Å². The summed E-state index contributed by atoms with van der Waals surface area (Å²) in [4.78, 5) is 25.2. The standard InChI is InChI=1S/C16H16ClNO4/c17-12-3-4-14-10(7-12)6-11(9-22-14)16(21)18-5-1-2-13(18)8-15(19)20/h3-4,6-7,13H,1-2,5,8-9H2,(H,19,20). The van der Waals surface area contributed by atoms with Crippen molar-refractivity contribution in [3.63, 3.8) is 0 Å². The summed E-state index contributed by atoms with van der Waals surface area (Å²) in [5.74, 6) is -0.325. The fraction of sp³-hybridized carbons (Fsp3) is 0.375. The number of ether oxygens (including phenoxy) is 1. The molecule has 0 spiro atoms. The maximum absolute atomic E-state index is 12.6. The van der Waals surface area contributed by atoms with Crippen molar-refractivity contribution in [3.05, 3.63) is 34.4 Å². The Bertz CT molecular complexity index is 656. The molecule has 5 nitrogen and oxygen atoms in total. The van der Waals surface area contributed by atoms with E-state index < -0.39 is 5.97 Å². The molecule has 1 amide bonds. The van der Waals surface area contributed by atoms with Crippen molar-refractivity contribution in [1.82, 2.24) is 4.90 Å². The van der Waals surface area contributed by atoms with Crippen molar-refractivity contribution < 1.29 is 19.4 Å². The Morgan fingerprint density at radius 1 is 1.41 bits per heavy atom. The molecular formula is C16H16ClNO4. The Morgan fingerprint density at radius 3 is 3.00 bits per heavy atom. The van der Waals surface area contributed by atoms with Crippen molar-refractivity contribution in [2.75, 3.05) is 13.2 Å². The molecule has 1 fully saturated rings. The number of carbonyl (C=O) groups is 2. The van der Waals surface area contributed by atoms with Crippen LogP contribution in [-0.2, 0) is 9.59 Å². The number of rotatable bonds is 3. The van der Waals surface area contributed by atoms with Gasteiger partial charge in [0, 0.05) is 23.2 Å². The number of fused-ring (bicyclic) bond motifs is 1. The second kappa shape index (κ2) is 6.01. The van der Waals surface area contributed by atoms with Crippen molar-refractivity contribution in [2.45, 2.75) is 25.3 Å². The topological polar surface area (TPSA) is 66.8 Å². The fourth-order valence-corrected chi connectivity index (χ4v) is 3.15. The molecule has 1 N–H and O–H groups in total. The lowest BCUT2D eigenvalue weighted by Crippen LogP contribution is -2.39. The van der Waals surface area contributed by atoms with E-state index in [1.807, 2.05) is 0 Å². The molecule has 2 aliphatic rings. The zero-order valence-electron chi connectivity index (χ0n) is 11.9. The fourth-order valence-electron chi connectivity index (χ4n) is 2.97. The van der Waals surface area contributed by atoms with Crippen LogP contribution in [0.4, 0.5) is 0 Å². The van der Waals surface area contributed by atoms with Gasteiger partial charge in [-0.3, -0.25) is 9.59 Å². The minimum Gasteiger partial charge on any atom is -0.488 e. The minimum atomic E-state index is -0.879. The van der Waals surface area contributed by atoms with Gasteiger partial charge in [-0.25, -0.2) is 0 Å². The summed E-state index contributed by atoms with van der Waals surface area (Å²) in [6, 6.07) is 5.04. The first kappa shape index (κ1) is 14.9. The second-order valence-electron chi connectivity index (χ2n) is 5.53. The van der Waals surface area contributed by atoms with E-state index in [0.717, 1.165) is 18.4 Å². The molecule has 1 saturated heterocycles. The van der Waals surface area contributed by atoms with Crippen molar-refractivity contribution in [2.24, 2.45) is 0 Å². The molecule has 0 bridgehead atoms. The highest BCUT2D eigenvalue weighted by molar-refractivity contribution is 6.30. The van der Waals surface area contributed by atoms with Crippen LogP contribution in [0.5, 0.6) is 5.75 Å². The molecule has 0 aromatic heterocycles. The highest BCUT2D eigenvalue weighted by atomic mass is 35.5. The lowest BCUT2D eigenvalue weighted by molar-refractivity contribution is -0.139. The Labute approximate surface area is 133 Å². The number of hydrogen-bond donors (Lipinski definition) is 1. The minimum absolute atomic E-state index is 0.0116. The lowest BCUT2D eigenvalue weighted by Gasteiger charge is -2.26. The third-order valence-corrected chi connectivity index (χ3v) is 4.24. The molecule has 2 heterocycles. The first-order valence-electron chi connectivity index (χ1n) is 7.20. The number of benzene rings is 1. The number of carboxylic acid groups (broad SMARTS) is 1. The van der Waals surface area contributed by atoms with E-state index in [-0.39, 0.29) is 25.0 Å². The summed E-state index contributed by atoms with van der Waals surface area (Å²) >= 11 is 5.97. The Morgan fingerprint density at radius 2 is 2.23 bits per heavy atom. The Hall–Kier alpha value is -2.01. The Kier molecular flexibility index (Phi) is 4.07. The molecule has 1 unspecified atom stereocenters. The van der Waals surface area contributed by atoms with Gasteiger partial charge in [0.05, 0.1) is 12.0 Å². The summed E-state index contributed by atoms with van der Waals surface area (Å²) in [7, 11) is 0. The molecule has 116 valence electrons. The van der Waals surface area contributed by atoms with E-state index in [0.29, 0.717) is 22.9 Å². The van der Waals surface area contributed by atoms with Crippen LogP contribution in [0.1, 0.15) is 24.8 Å². The van der Waals surface area contributed by atoms with E-state index in [4.69, 9.17) is 21.4 Å². The van der Waals surface area contributed by atoms with Crippen LogP contribution < -0.4 is 4.74 Å². The largest absolute Gasteiger partial charge is 0.488 e. The molecule has 1 atom stereocenters. The van der Waals surface area contributed by atoms with Crippen LogP contribution in [0, 0.1) is 0 Å². The molecule has 6 heteroatoms. The van der Waals surface area contributed by atoms with E-state index in [1.54, 1.807) is 29.2 Å². The van der Waals surface area contributed by atoms with Gasteiger partial charge in [0.25, 0.3) is 5.91 Å². The average Bonchev–Trinajstić information content (AvgIpc) is 2.93. The number of carbonyl (C=O) groups excluding carboxylic acids is 1. The molecular weight excluding hydrogens is 306 g/mol. The quantitative estimate of drug-likeness (QED) is 0.929. The highest BCUT2D eigenvalue weighted by Crippen LogP contribution is 2.31. The molecule has 0 aliphatic carbocycles. The number of nitrogens with zero attached hydrogens (tertiary/aromatic N) is 1. The van der Waals surface area contributed by atoms with Crippen LogP contribution >= 0.6 is 11.6 Å². The van der Waals surface area contributed by atoms with Crippen LogP contribution in [-0.4, -0.2) is 41.1 Å². The van der Waals surface area contributed by atoms with Crippen molar-refractivity contribution >= 4 is 29.6 Å². The molecule has 1 aromatic rings. The van der Waals surface area contributed by atoms with E-state index in [9.17, 15) is 9.59 Å². The summed E-state index contributed by atoms with van der Waals surface area (Å²) in [5.41, 5.74) is 1.31. The van der Waals surface area contributed by atoms with Crippen LogP contribution in [0.3, 0.4) is 0 Å². The average molecular weight is 322 g/mol. The third kappa shape index (κ3) is 2.95. The van der Waals surface area contributed by atoms with Gasteiger partial charge in [-0.15, -0.1) is 0 Å². The van der Waals surface area contributed by atoms with Crippen molar-refractivity contribution in [1.29, 1.82) is 0 Å². The lowest BCUT2D eigenvalue weighted by atomic mass is 10.1. The highest BCUT2D eigenvalue weighted by Gasteiger charge is 2.32. The van der Waals surface area contributed by atoms with Crippen molar-refractivity contribution in [3.8, 4) is 5.75 Å². The predicted octanol–water partition coefficient (Wildman–Crippen LogP) is 2.58. The number of aliphatic carboxylic acids is 1. The summed E-state index contributed by atoms with van der Waals surface area (Å²) in [5, 5.41) is 9.53. The van der Waals surface area contributed by atoms with E-state index >= 15 is 0 Å². The maximum Gasteiger partial charge on any atom is 0.305 e. The van der Waals surface area contributed by atoms with Gasteiger partial charge in [-0.1, -0.05) is 11.6 Å². The molecule has 1 aromatic carbocycles. The number of amides is 1. The summed E-state index contributed by atoms with van der Waals surface area (Å²) in [6.07, 6.45) is 3.33. The van der Waals surface area contributed by atoms with Gasteiger partial charge in [0.2, 0.25) is 0 Å². The molecule has 3 rings (SSSR count). The smallest absolute Gasteiger partial charge is 0.305 e. The van der Waals surface area contributed by atoms with E-state index in [1.165, 1.54) is 0 Å². The first-order valence-corrected chi connectivity index (χ1v) is 7.58. The number of halogens is 1. The normalized spacial score (nSPS) is 20.1. The van der Waals surface area contributed by atoms with Gasteiger partial charge in [-0.05, 0) is 37.1 Å². The number of carboxylic acids is 1. The maximum atomic E-state index is 12.6. The zero-order chi connectivity index (χ0) is 15.7. The SMILES string of the molecule is O=C(O)CC1CCCN1C(=O)C1=Cc2cc(Cl)ccc2OC1. The predicted molar refractivity (Wildman–Crippen MR) is 81.9 cm³/mol. The van der Waals surface area contributed by atoms with E-state index in [2.05, 4.69) is 0 Å². The molecule has 0 saturated carbocycles. The zero-order valence-corrected chi connectivity index (χ0v) is 12.7. The third-order valence-electron chi connectivity index (χ3n) is 4.01. The number of hydrogen-bond acceptors (Lipinski definition) is 3. The van der Waals surface area contributed by atoms with Crippen LogP contribution in [0.25, 0.3) is 6.08 Å². The van der Waals surface area contributed by atoms with Gasteiger partial charge in [0.15, 0.2) is 0 Å². The molecule has 0 radical (unpaired) electrons. The summed E-state index contributed by atoms with van der Waals surface area (Å²) < 4.78 is 5.60. The van der Waals surface area contributed by atoms with Gasteiger partial charge >= 0.3 is 5.97 Å². The Balaban J connectivity index is 1.82. The van der Waals surface area contributed by atoms with Crippen LogP contribution in [0.15, 0.2) is 23.8 Å². The molecule has 2 aliphatic heterocycles. The monoisotopic (exact) mass is 321 g/mol.